The molecule has 1 aliphatic rings. The molecule has 3 aromatic rings. The summed E-state index contributed by atoms with van der Waals surface area (Å²) in [6, 6.07) is 11.8. The summed E-state index contributed by atoms with van der Waals surface area (Å²) in [6.07, 6.45) is 0. The average Bonchev–Trinajstić information content (AvgIpc) is 3.12. The third kappa shape index (κ3) is 3.94. The van der Waals surface area contributed by atoms with E-state index in [2.05, 4.69) is 15.9 Å². The molecule has 4 rings (SSSR count). The van der Waals surface area contributed by atoms with Gasteiger partial charge in [-0.2, -0.15) is 5.53 Å². The largest absolute Gasteiger partial charge is 0.366 e. The van der Waals surface area contributed by atoms with Gasteiger partial charge in [0.25, 0.3) is 5.56 Å². The van der Waals surface area contributed by atoms with Crippen molar-refractivity contribution >= 4 is 28.4 Å². The molecule has 29 heavy (non-hydrogen) atoms. The third-order valence-corrected chi connectivity index (χ3v) is 5.16. The van der Waals surface area contributed by atoms with E-state index in [1.807, 2.05) is 17.1 Å². The van der Waals surface area contributed by atoms with E-state index in [4.69, 9.17) is 17.3 Å². The Morgan fingerprint density at radius 2 is 1.93 bits per heavy atom. The number of hydrogen-bond donors (Lipinski definition) is 4. The average molecular weight is 415 g/mol. The zero-order chi connectivity index (χ0) is 20.5. The van der Waals surface area contributed by atoms with E-state index in [0.29, 0.717) is 34.6 Å². The van der Waals surface area contributed by atoms with Crippen molar-refractivity contribution in [2.45, 2.75) is 19.1 Å². The minimum absolute atomic E-state index is 0.168. The predicted octanol–water partition coefficient (Wildman–Crippen LogP) is 0.336. The first kappa shape index (κ1) is 19.3. The highest BCUT2D eigenvalue weighted by atomic mass is 35.5. The number of carbonyl (C=O) groups excluding carboxylic acids is 1. The van der Waals surface area contributed by atoms with Crippen LogP contribution < -0.4 is 27.9 Å². The zero-order valence-corrected chi connectivity index (χ0v) is 16.1. The molecular weight excluding hydrogens is 396 g/mol. The van der Waals surface area contributed by atoms with Gasteiger partial charge < -0.3 is 10.7 Å². The number of carbonyl (C=O) groups is 1. The Bertz CT molecular complexity index is 1190. The first-order chi connectivity index (χ1) is 13.9. The van der Waals surface area contributed by atoms with Gasteiger partial charge in [-0.15, -0.1) is 0 Å². The summed E-state index contributed by atoms with van der Waals surface area (Å²) < 4.78 is 1.15. The molecule has 9 nitrogen and oxygen atoms in total. The van der Waals surface area contributed by atoms with Crippen LogP contribution in [0.3, 0.4) is 0 Å². The van der Waals surface area contributed by atoms with Gasteiger partial charge in [0.1, 0.15) is 0 Å². The first-order valence-electron chi connectivity index (χ1n) is 8.98. The van der Waals surface area contributed by atoms with Crippen LogP contribution in [0.4, 0.5) is 0 Å². The van der Waals surface area contributed by atoms with E-state index in [-0.39, 0.29) is 12.6 Å². The minimum atomic E-state index is -0.480. The molecule has 0 aliphatic carbocycles. The number of hydrogen-bond acceptors (Lipinski definition) is 6. The lowest BCUT2D eigenvalue weighted by molar-refractivity contribution is 0.100. The second-order valence-electron chi connectivity index (χ2n) is 6.90. The highest BCUT2D eigenvalue weighted by Gasteiger charge is 2.24. The zero-order valence-electron chi connectivity index (χ0n) is 15.3. The second kappa shape index (κ2) is 7.80. The summed E-state index contributed by atoms with van der Waals surface area (Å²) in [6.45, 7) is 1.31. The van der Waals surface area contributed by atoms with Gasteiger partial charge in [-0.1, -0.05) is 29.8 Å². The van der Waals surface area contributed by atoms with Gasteiger partial charge in [0, 0.05) is 25.2 Å². The first-order valence-corrected chi connectivity index (χ1v) is 9.36. The van der Waals surface area contributed by atoms with Crippen molar-refractivity contribution in [1.82, 2.24) is 25.5 Å². The fourth-order valence-electron chi connectivity index (χ4n) is 3.38. The number of nitrogens with one attached hydrogen (secondary N) is 3. The Labute approximate surface area is 170 Å². The molecule has 0 bridgehead atoms. The molecule has 2 aromatic carbocycles. The number of H-pyrrole nitrogens is 1. The van der Waals surface area contributed by atoms with E-state index in [1.54, 1.807) is 30.3 Å². The smallest absolute Gasteiger partial charge is 0.328 e. The number of aromatic amines is 1. The monoisotopic (exact) mass is 414 g/mol. The maximum absolute atomic E-state index is 12.8. The van der Waals surface area contributed by atoms with Crippen molar-refractivity contribution in [2.75, 3.05) is 6.54 Å². The summed E-state index contributed by atoms with van der Waals surface area (Å²) in [4.78, 5) is 39.0. The minimum Gasteiger partial charge on any atom is -0.366 e. The summed E-state index contributed by atoms with van der Waals surface area (Å²) >= 11 is 6.15. The Balaban J connectivity index is 1.48. The lowest BCUT2D eigenvalue weighted by Crippen LogP contribution is -2.43. The molecule has 1 saturated heterocycles. The van der Waals surface area contributed by atoms with Crippen LogP contribution in [0.25, 0.3) is 10.9 Å². The predicted molar refractivity (Wildman–Crippen MR) is 109 cm³/mol. The van der Waals surface area contributed by atoms with Crippen molar-refractivity contribution in [1.29, 1.82) is 0 Å². The molecule has 5 N–H and O–H groups in total. The molecule has 1 unspecified atom stereocenters. The van der Waals surface area contributed by atoms with E-state index in [0.717, 1.165) is 10.1 Å². The molecule has 1 amide bonds. The number of benzene rings is 2. The Morgan fingerprint density at radius 3 is 2.66 bits per heavy atom. The number of primary amides is 1. The van der Waals surface area contributed by atoms with E-state index in [9.17, 15) is 14.4 Å². The van der Waals surface area contributed by atoms with Gasteiger partial charge in [-0.05, 0) is 29.8 Å². The molecule has 0 radical (unpaired) electrons. The number of aromatic nitrogens is 2. The SMILES string of the molecule is NC(=O)c1ccc(CN2CC(Cn3c(=O)[nH]c4cccc(Cl)c4c3=O)NN2)cc1. The number of fused-ring (bicyclic) bond motifs is 1. The van der Waals surface area contributed by atoms with Crippen molar-refractivity contribution in [3.63, 3.8) is 0 Å². The van der Waals surface area contributed by atoms with Crippen LogP contribution in [0.2, 0.25) is 5.02 Å². The molecular formula is C19H19ClN6O3. The molecule has 2 heterocycles. The number of nitrogens with two attached hydrogens (primary N) is 1. The Hall–Kier alpha value is -2.98. The molecule has 1 atom stereocenters. The van der Waals surface area contributed by atoms with Crippen LogP contribution in [-0.2, 0) is 13.1 Å². The van der Waals surface area contributed by atoms with Crippen molar-refractivity contribution in [3.05, 3.63) is 79.5 Å². The lowest BCUT2D eigenvalue weighted by atomic mass is 10.1. The van der Waals surface area contributed by atoms with Gasteiger partial charge >= 0.3 is 5.69 Å². The van der Waals surface area contributed by atoms with Crippen LogP contribution in [0.5, 0.6) is 0 Å². The van der Waals surface area contributed by atoms with Crippen molar-refractivity contribution in [2.24, 2.45) is 5.73 Å². The van der Waals surface area contributed by atoms with E-state index < -0.39 is 17.2 Å². The van der Waals surface area contributed by atoms with Gasteiger partial charge in [-0.3, -0.25) is 14.2 Å². The van der Waals surface area contributed by atoms with Crippen LogP contribution in [-0.4, -0.2) is 33.1 Å². The standard InChI is InChI=1S/C19H19ClN6O3/c20-14-2-1-3-15-16(14)18(28)26(19(29)22-15)10-13-9-25(24-23-13)8-11-4-6-12(7-5-11)17(21)27/h1-7,13,23-24H,8-10H2,(H2,21,27)(H,22,29). The highest BCUT2D eigenvalue weighted by Crippen LogP contribution is 2.17. The third-order valence-electron chi connectivity index (χ3n) is 4.84. The fraction of sp³-hybridized carbons (Fsp3) is 0.211. The number of halogens is 1. The summed E-state index contributed by atoms with van der Waals surface area (Å²) in [5, 5.41) is 2.51. The molecule has 1 aromatic heterocycles. The summed E-state index contributed by atoms with van der Waals surface area (Å²) in [5.74, 6) is -0.469. The molecule has 0 saturated carbocycles. The molecule has 1 fully saturated rings. The molecule has 150 valence electrons. The normalized spacial score (nSPS) is 17.1. The quantitative estimate of drug-likeness (QED) is 0.477. The maximum atomic E-state index is 12.8. The topological polar surface area (TPSA) is 125 Å². The molecule has 1 aliphatic heterocycles. The lowest BCUT2D eigenvalue weighted by Gasteiger charge is -2.15. The van der Waals surface area contributed by atoms with Gasteiger partial charge in [0.15, 0.2) is 0 Å². The Morgan fingerprint density at radius 1 is 1.17 bits per heavy atom. The molecule has 0 spiro atoms. The van der Waals surface area contributed by atoms with Crippen LogP contribution >= 0.6 is 11.6 Å². The number of amides is 1. The second-order valence-corrected chi connectivity index (χ2v) is 7.31. The van der Waals surface area contributed by atoms with Gasteiger partial charge in [0.2, 0.25) is 5.91 Å². The van der Waals surface area contributed by atoms with Crippen molar-refractivity contribution < 1.29 is 4.79 Å². The summed E-state index contributed by atoms with van der Waals surface area (Å²) in [7, 11) is 0. The van der Waals surface area contributed by atoms with Gasteiger partial charge in [-0.25, -0.2) is 15.2 Å². The van der Waals surface area contributed by atoms with Crippen LogP contribution in [0.1, 0.15) is 15.9 Å². The molecule has 10 heteroatoms. The Kier molecular flexibility index (Phi) is 5.20. The van der Waals surface area contributed by atoms with Crippen molar-refractivity contribution in [3.8, 4) is 0 Å². The van der Waals surface area contributed by atoms with E-state index >= 15 is 0 Å². The fourth-order valence-corrected chi connectivity index (χ4v) is 3.64. The van der Waals surface area contributed by atoms with E-state index in [1.165, 1.54) is 0 Å². The van der Waals surface area contributed by atoms with Crippen LogP contribution in [0, 0.1) is 0 Å². The summed E-state index contributed by atoms with van der Waals surface area (Å²) in [5.41, 5.74) is 12.3. The van der Waals surface area contributed by atoms with Gasteiger partial charge in [0.05, 0.1) is 22.0 Å². The van der Waals surface area contributed by atoms with Crippen LogP contribution in [0.15, 0.2) is 52.1 Å². The number of hydrazine groups is 2. The number of rotatable bonds is 5. The highest BCUT2D eigenvalue weighted by molar-refractivity contribution is 6.35. The number of nitrogens with zero attached hydrogens (tertiary/aromatic N) is 2. The maximum Gasteiger partial charge on any atom is 0.328 e.